The number of benzene rings is 1. The van der Waals surface area contributed by atoms with Crippen molar-refractivity contribution in [3.05, 3.63) is 47.6 Å². The van der Waals surface area contributed by atoms with E-state index in [0.717, 1.165) is 12.1 Å². The molecule has 1 N–H and O–H groups in total. The highest BCUT2D eigenvalue weighted by atomic mass is 19.1. The standard InChI is InChI=1S/C11H6FNO5/c12-6-3-1-2-4-8(6)17-11(16)9-5-7(10(14)15)13-18-9/h1-5H,(H,14,15). The SMILES string of the molecule is O=C(O)c1cc(C(=O)Oc2ccccc2F)on1. The van der Waals surface area contributed by atoms with Crippen molar-refractivity contribution < 1.29 is 28.3 Å². The van der Waals surface area contributed by atoms with E-state index in [0.29, 0.717) is 0 Å². The van der Waals surface area contributed by atoms with Crippen LogP contribution in [0.3, 0.4) is 0 Å². The zero-order valence-electron chi connectivity index (χ0n) is 8.79. The Hall–Kier alpha value is -2.70. The van der Waals surface area contributed by atoms with Gasteiger partial charge in [-0.25, -0.2) is 14.0 Å². The van der Waals surface area contributed by atoms with Gasteiger partial charge in [0.05, 0.1) is 0 Å². The summed E-state index contributed by atoms with van der Waals surface area (Å²) >= 11 is 0. The highest BCUT2D eigenvalue weighted by Gasteiger charge is 2.19. The van der Waals surface area contributed by atoms with Crippen molar-refractivity contribution in [2.24, 2.45) is 0 Å². The van der Waals surface area contributed by atoms with Crippen LogP contribution in [0.2, 0.25) is 0 Å². The van der Waals surface area contributed by atoms with Crippen LogP contribution in [0, 0.1) is 5.82 Å². The molecule has 0 fully saturated rings. The molecule has 18 heavy (non-hydrogen) atoms. The summed E-state index contributed by atoms with van der Waals surface area (Å²) in [7, 11) is 0. The maximum atomic E-state index is 13.2. The second-order valence-electron chi connectivity index (χ2n) is 3.20. The number of aromatic carboxylic acids is 1. The van der Waals surface area contributed by atoms with E-state index in [4.69, 9.17) is 5.11 Å². The molecule has 1 heterocycles. The van der Waals surface area contributed by atoms with Crippen LogP contribution in [0.15, 0.2) is 34.9 Å². The van der Waals surface area contributed by atoms with Gasteiger partial charge in [0.2, 0.25) is 5.76 Å². The van der Waals surface area contributed by atoms with Gasteiger partial charge in [0.1, 0.15) is 0 Å². The summed E-state index contributed by atoms with van der Waals surface area (Å²) in [5.74, 6) is -3.79. The van der Waals surface area contributed by atoms with Gasteiger partial charge in [-0.2, -0.15) is 0 Å². The molecule has 0 saturated heterocycles. The molecule has 0 unspecified atom stereocenters. The van der Waals surface area contributed by atoms with Crippen LogP contribution in [0.4, 0.5) is 4.39 Å². The first kappa shape index (κ1) is 11.8. The van der Waals surface area contributed by atoms with Crippen LogP contribution in [0.5, 0.6) is 5.75 Å². The summed E-state index contributed by atoms with van der Waals surface area (Å²) in [4.78, 5) is 22.0. The largest absolute Gasteiger partial charge is 0.476 e. The van der Waals surface area contributed by atoms with Gasteiger partial charge < -0.3 is 14.4 Å². The molecule has 0 saturated carbocycles. The highest BCUT2D eigenvalue weighted by molar-refractivity contribution is 5.92. The van der Waals surface area contributed by atoms with Crippen LogP contribution in [-0.2, 0) is 0 Å². The Morgan fingerprint density at radius 1 is 1.33 bits per heavy atom. The summed E-state index contributed by atoms with van der Waals surface area (Å²) in [5, 5.41) is 11.7. The van der Waals surface area contributed by atoms with Crippen molar-refractivity contribution in [3.63, 3.8) is 0 Å². The van der Waals surface area contributed by atoms with Gasteiger partial charge in [0.15, 0.2) is 17.3 Å². The molecule has 0 aliphatic rings. The summed E-state index contributed by atoms with van der Waals surface area (Å²) in [5.41, 5.74) is -0.435. The third kappa shape index (κ3) is 2.34. The monoisotopic (exact) mass is 251 g/mol. The maximum absolute atomic E-state index is 13.2. The number of halogens is 1. The summed E-state index contributed by atoms with van der Waals surface area (Å²) in [6, 6.07) is 6.18. The molecule has 1 aromatic carbocycles. The molecule has 2 aromatic rings. The van der Waals surface area contributed by atoms with Crippen LogP contribution < -0.4 is 4.74 Å². The lowest BCUT2D eigenvalue weighted by Gasteiger charge is -2.01. The average Bonchev–Trinajstić information content (AvgIpc) is 2.81. The van der Waals surface area contributed by atoms with E-state index < -0.39 is 29.2 Å². The molecule has 2 rings (SSSR count). The number of carbonyl (C=O) groups excluding carboxylic acids is 1. The van der Waals surface area contributed by atoms with E-state index in [1.165, 1.54) is 18.2 Å². The number of hydrogen-bond acceptors (Lipinski definition) is 5. The van der Waals surface area contributed by atoms with E-state index in [-0.39, 0.29) is 5.75 Å². The summed E-state index contributed by atoms with van der Waals surface area (Å²) in [6.07, 6.45) is 0. The van der Waals surface area contributed by atoms with E-state index >= 15 is 0 Å². The zero-order chi connectivity index (χ0) is 13.1. The van der Waals surface area contributed by atoms with Crippen LogP contribution in [0.25, 0.3) is 0 Å². The number of carboxylic acid groups (broad SMARTS) is 1. The number of esters is 1. The number of carboxylic acids is 1. The van der Waals surface area contributed by atoms with E-state index in [1.54, 1.807) is 0 Å². The summed E-state index contributed by atoms with van der Waals surface area (Å²) in [6.45, 7) is 0. The maximum Gasteiger partial charge on any atom is 0.382 e. The smallest absolute Gasteiger partial charge is 0.382 e. The lowest BCUT2D eigenvalue weighted by molar-refractivity contribution is 0.0665. The Labute approximate surface area is 99.6 Å². The number of rotatable bonds is 3. The Bertz CT molecular complexity index is 607. The molecule has 92 valence electrons. The summed E-state index contributed by atoms with van der Waals surface area (Å²) < 4.78 is 22.3. The molecule has 0 spiro atoms. The fraction of sp³-hybridized carbons (Fsp3) is 0. The molecule has 0 aliphatic carbocycles. The number of para-hydroxylation sites is 1. The minimum atomic E-state index is -1.34. The van der Waals surface area contributed by atoms with Crippen molar-refractivity contribution >= 4 is 11.9 Å². The lowest BCUT2D eigenvalue weighted by Crippen LogP contribution is -2.08. The van der Waals surface area contributed by atoms with Crippen LogP contribution in [0.1, 0.15) is 21.0 Å². The molecular weight excluding hydrogens is 245 g/mol. The highest BCUT2D eigenvalue weighted by Crippen LogP contribution is 2.17. The first-order valence-corrected chi connectivity index (χ1v) is 4.74. The van der Waals surface area contributed by atoms with Gasteiger partial charge in [-0.3, -0.25) is 0 Å². The first-order valence-electron chi connectivity index (χ1n) is 4.74. The average molecular weight is 251 g/mol. The quantitative estimate of drug-likeness (QED) is 0.660. The molecule has 1 aromatic heterocycles. The Morgan fingerprint density at radius 3 is 2.67 bits per heavy atom. The predicted molar refractivity (Wildman–Crippen MR) is 54.8 cm³/mol. The third-order valence-electron chi connectivity index (χ3n) is 1.97. The van der Waals surface area contributed by atoms with Crippen molar-refractivity contribution in [2.75, 3.05) is 0 Å². The van der Waals surface area contributed by atoms with Crippen molar-refractivity contribution in [1.82, 2.24) is 5.16 Å². The van der Waals surface area contributed by atoms with E-state index in [2.05, 4.69) is 14.4 Å². The number of aromatic nitrogens is 1. The zero-order valence-corrected chi connectivity index (χ0v) is 8.79. The molecule has 0 atom stereocenters. The van der Waals surface area contributed by atoms with Gasteiger partial charge in [-0.15, -0.1) is 0 Å². The van der Waals surface area contributed by atoms with Gasteiger partial charge >= 0.3 is 11.9 Å². The topological polar surface area (TPSA) is 89.6 Å². The fourth-order valence-electron chi connectivity index (χ4n) is 1.15. The van der Waals surface area contributed by atoms with Gasteiger partial charge in [-0.1, -0.05) is 17.3 Å². The van der Waals surface area contributed by atoms with E-state index in [1.807, 2.05) is 0 Å². The predicted octanol–water partition coefficient (Wildman–Crippen LogP) is 1.73. The lowest BCUT2D eigenvalue weighted by atomic mass is 10.3. The third-order valence-corrected chi connectivity index (χ3v) is 1.97. The van der Waals surface area contributed by atoms with Gasteiger partial charge in [-0.05, 0) is 12.1 Å². The molecule has 0 aliphatic heterocycles. The van der Waals surface area contributed by atoms with Gasteiger partial charge in [0.25, 0.3) is 0 Å². The van der Waals surface area contributed by atoms with Crippen molar-refractivity contribution in [1.29, 1.82) is 0 Å². The van der Waals surface area contributed by atoms with Crippen molar-refractivity contribution in [3.8, 4) is 5.75 Å². The first-order chi connectivity index (χ1) is 8.58. The fourth-order valence-corrected chi connectivity index (χ4v) is 1.15. The van der Waals surface area contributed by atoms with Gasteiger partial charge in [0, 0.05) is 6.07 Å². The Balaban J connectivity index is 2.17. The molecule has 0 bridgehead atoms. The molecule has 7 heteroatoms. The Kier molecular flexibility index (Phi) is 3.05. The molecule has 0 amide bonds. The van der Waals surface area contributed by atoms with Crippen molar-refractivity contribution in [2.45, 2.75) is 0 Å². The second-order valence-corrected chi connectivity index (χ2v) is 3.20. The molecule has 0 radical (unpaired) electrons. The number of hydrogen-bond donors (Lipinski definition) is 1. The minimum Gasteiger partial charge on any atom is -0.476 e. The molecule has 6 nitrogen and oxygen atoms in total. The number of carbonyl (C=O) groups is 2. The van der Waals surface area contributed by atoms with Crippen LogP contribution >= 0.6 is 0 Å². The molecular formula is C11H6FNO5. The van der Waals surface area contributed by atoms with E-state index in [9.17, 15) is 14.0 Å². The van der Waals surface area contributed by atoms with Crippen LogP contribution in [-0.4, -0.2) is 22.2 Å². The Morgan fingerprint density at radius 2 is 2.06 bits per heavy atom. The number of ether oxygens (including phenoxy) is 1. The normalized spacial score (nSPS) is 10.1. The number of nitrogens with zero attached hydrogens (tertiary/aromatic N) is 1. The minimum absolute atomic E-state index is 0.282. The second kappa shape index (κ2) is 4.66.